The summed E-state index contributed by atoms with van der Waals surface area (Å²) >= 11 is 6.10. The number of carbonyl (C=O) groups excluding carboxylic acids is 1. The zero-order chi connectivity index (χ0) is 17.1. The summed E-state index contributed by atoms with van der Waals surface area (Å²) in [4.78, 5) is 14.5. The molecular weight excluding hydrogens is 397 g/mol. The van der Waals surface area contributed by atoms with Crippen LogP contribution in [0.1, 0.15) is 16.8 Å². The molecule has 2 aromatic carbocycles. The summed E-state index contributed by atoms with van der Waals surface area (Å²) < 4.78 is 5.41. The van der Waals surface area contributed by atoms with Crippen LogP contribution >= 0.6 is 36.4 Å². The van der Waals surface area contributed by atoms with E-state index in [2.05, 4.69) is 10.2 Å². The molecule has 0 aliphatic carbocycles. The predicted octanol–water partition coefficient (Wildman–Crippen LogP) is 3.78. The number of nitrogens with one attached hydrogen (secondary N) is 1. The number of nitrogens with two attached hydrogens (primary N) is 1. The molecule has 0 aromatic heterocycles. The van der Waals surface area contributed by atoms with Crippen molar-refractivity contribution in [3.8, 4) is 5.75 Å². The Morgan fingerprint density at radius 3 is 2.73 bits per heavy atom. The number of anilines is 2. The number of carbonyl (C=O) groups is 1. The fourth-order valence-electron chi connectivity index (χ4n) is 2.96. The van der Waals surface area contributed by atoms with Gasteiger partial charge in [0.2, 0.25) is 0 Å². The summed E-state index contributed by atoms with van der Waals surface area (Å²) in [5.41, 5.74) is 7.84. The maximum atomic E-state index is 12.3. The third-order valence-electron chi connectivity index (χ3n) is 4.15. The Kier molecular flexibility index (Phi) is 8.34. The lowest BCUT2D eigenvalue weighted by Gasteiger charge is -2.21. The Hall–Kier alpha value is -1.82. The number of hydrogen-bond acceptors (Lipinski definition) is 4. The van der Waals surface area contributed by atoms with Crippen LogP contribution in [0.3, 0.4) is 0 Å². The zero-order valence-electron chi connectivity index (χ0n) is 14.3. The van der Waals surface area contributed by atoms with Gasteiger partial charge in [0.05, 0.1) is 12.8 Å². The second-order valence-corrected chi connectivity index (χ2v) is 6.28. The van der Waals surface area contributed by atoms with Gasteiger partial charge in [0.25, 0.3) is 5.91 Å². The van der Waals surface area contributed by atoms with Crippen LogP contribution in [0.5, 0.6) is 5.75 Å². The SMILES string of the molecule is COc1ccc(Cl)cc1N1CCC(NC(=O)c2cccc(N)c2)C1.Cl.Cl. The number of halogens is 3. The second kappa shape index (κ2) is 9.76. The topological polar surface area (TPSA) is 67.6 Å². The summed E-state index contributed by atoms with van der Waals surface area (Å²) in [6.07, 6.45) is 0.865. The van der Waals surface area contributed by atoms with Crippen molar-refractivity contribution in [2.45, 2.75) is 12.5 Å². The molecule has 26 heavy (non-hydrogen) atoms. The number of amides is 1. The number of rotatable bonds is 4. The van der Waals surface area contributed by atoms with Crippen LogP contribution in [0.4, 0.5) is 11.4 Å². The van der Waals surface area contributed by atoms with Gasteiger partial charge in [0, 0.05) is 35.4 Å². The summed E-state index contributed by atoms with van der Waals surface area (Å²) in [7, 11) is 1.64. The van der Waals surface area contributed by atoms with Crippen LogP contribution in [-0.2, 0) is 0 Å². The van der Waals surface area contributed by atoms with E-state index in [1.165, 1.54) is 0 Å². The summed E-state index contributed by atoms with van der Waals surface area (Å²) in [5, 5.41) is 3.73. The normalized spacial score (nSPS) is 15.6. The zero-order valence-corrected chi connectivity index (χ0v) is 16.7. The quantitative estimate of drug-likeness (QED) is 0.741. The summed E-state index contributed by atoms with van der Waals surface area (Å²) in [5.74, 6) is 0.675. The van der Waals surface area contributed by atoms with E-state index in [9.17, 15) is 4.79 Å². The fraction of sp³-hybridized carbons (Fsp3) is 0.278. The largest absolute Gasteiger partial charge is 0.495 e. The molecule has 1 aliphatic heterocycles. The van der Waals surface area contributed by atoms with Gasteiger partial charge >= 0.3 is 0 Å². The van der Waals surface area contributed by atoms with Gasteiger partial charge < -0.3 is 20.7 Å². The van der Waals surface area contributed by atoms with Crippen LogP contribution in [0.2, 0.25) is 5.02 Å². The molecule has 1 heterocycles. The third-order valence-corrected chi connectivity index (χ3v) is 4.39. The maximum absolute atomic E-state index is 12.3. The average molecular weight is 419 g/mol. The first-order valence-corrected chi connectivity index (χ1v) is 8.19. The van der Waals surface area contributed by atoms with E-state index < -0.39 is 0 Å². The molecule has 142 valence electrons. The molecule has 3 N–H and O–H groups in total. The molecule has 2 aromatic rings. The van der Waals surface area contributed by atoms with Crippen LogP contribution in [0.25, 0.3) is 0 Å². The molecule has 1 saturated heterocycles. The molecule has 8 heteroatoms. The molecule has 1 fully saturated rings. The van der Waals surface area contributed by atoms with E-state index in [4.69, 9.17) is 22.1 Å². The summed E-state index contributed by atoms with van der Waals surface area (Å²) in [6.45, 7) is 1.54. The van der Waals surface area contributed by atoms with E-state index in [0.29, 0.717) is 22.8 Å². The molecule has 1 unspecified atom stereocenters. The minimum Gasteiger partial charge on any atom is -0.495 e. The van der Waals surface area contributed by atoms with E-state index in [1.807, 2.05) is 12.1 Å². The van der Waals surface area contributed by atoms with Gasteiger partial charge in [0.1, 0.15) is 5.75 Å². The summed E-state index contributed by atoms with van der Waals surface area (Å²) in [6, 6.07) is 12.6. The highest BCUT2D eigenvalue weighted by Crippen LogP contribution is 2.33. The van der Waals surface area contributed by atoms with Crippen molar-refractivity contribution in [3.63, 3.8) is 0 Å². The first-order valence-electron chi connectivity index (χ1n) is 7.81. The minimum atomic E-state index is -0.104. The minimum absolute atomic E-state index is 0. The molecule has 0 spiro atoms. The van der Waals surface area contributed by atoms with Gasteiger partial charge in [-0.3, -0.25) is 4.79 Å². The van der Waals surface area contributed by atoms with Crippen molar-refractivity contribution in [3.05, 3.63) is 53.1 Å². The number of hydrogen-bond donors (Lipinski definition) is 2. The monoisotopic (exact) mass is 417 g/mol. The predicted molar refractivity (Wildman–Crippen MR) is 111 cm³/mol. The molecule has 5 nitrogen and oxygen atoms in total. The van der Waals surface area contributed by atoms with Crippen molar-refractivity contribution in [1.29, 1.82) is 0 Å². The molecule has 0 saturated carbocycles. The Morgan fingerprint density at radius 2 is 2.04 bits per heavy atom. The Bertz CT molecular complexity index is 758. The van der Waals surface area contributed by atoms with Gasteiger partial charge in [-0.05, 0) is 42.8 Å². The van der Waals surface area contributed by atoms with Crippen molar-refractivity contribution < 1.29 is 9.53 Å². The average Bonchev–Trinajstić information content (AvgIpc) is 3.03. The maximum Gasteiger partial charge on any atom is 0.251 e. The number of methoxy groups -OCH3 is 1. The van der Waals surface area contributed by atoms with E-state index in [1.54, 1.807) is 37.4 Å². The van der Waals surface area contributed by atoms with Crippen LogP contribution in [-0.4, -0.2) is 32.1 Å². The molecular formula is C18H22Cl3N3O2. The van der Waals surface area contributed by atoms with Crippen molar-refractivity contribution >= 4 is 53.7 Å². The number of nitrogens with zero attached hydrogens (tertiary/aromatic N) is 1. The van der Waals surface area contributed by atoms with Gasteiger partial charge in [-0.2, -0.15) is 0 Å². The second-order valence-electron chi connectivity index (χ2n) is 5.85. The van der Waals surface area contributed by atoms with Crippen LogP contribution in [0, 0.1) is 0 Å². The number of benzene rings is 2. The van der Waals surface area contributed by atoms with Crippen molar-refractivity contribution in [2.24, 2.45) is 0 Å². The lowest BCUT2D eigenvalue weighted by molar-refractivity contribution is 0.0940. The molecule has 3 rings (SSSR count). The van der Waals surface area contributed by atoms with Gasteiger partial charge in [-0.15, -0.1) is 24.8 Å². The molecule has 1 amide bonds. The van der Waals surface area contributed by atoms with Gasteiger partial charge in [0.15, 0.2) is 0 Å². The first-order chi connectivity index (χ1) is 11.6. The highest BCUT2D eigenvalue weighted by Gasteiger charge is 2.26. The molecule has 0 bridgehead atoms. The van der Waals surface area contributed by atoms with Crippen molar-refractivity contribution in [2.75, 3.05) is 30.8 Å². The third kappa shape index (κ3) is 5.10. The Morgan fingerprint density at radius 1 is 1.27 bits per heavy atom. The highest BCUT2D eigenvalue weighted by atomic mass is 35.5. The van der Waals surface area contributed by atoms with Crippen molar-refractivity contribution in [1.82, 2.24) is 5.32 Å². The Labute approximate surface area is 170 Å². The highest BCUT2D eigenvalue weighted by molar-refractivity contribution is 6.30. The van der Waals surface area contributed by atoms with Crippen LogP contribution in [0.15, 0.2) is 42.5 Å². The molecule has 1 atom stereocenters. The first kappa shape index (κ1) is 22.2. The van der Waals surface area contributed by atoms with E-state index in [-0.39, 0.29) is 36.8 Å². The van der Waals surface area contributed by atoms with Gasteiger partial charge in [-0.25, -0.2) is 0 Å². The van der Waals surface area contributed by atoms with E-state index in [0.717, 1.165) is 24.4 Å². The lowest BCUT2D eigenvalue weighted by Crippen LogP contribution is -2.37. The Balaban J connectivity index is 0.00000169. The molecule has 1 aliphatic rings. The molecule has 0 radical (unpaired) electrons. The fourth-order valence-corrected chi connectivity index (χ4v) is 3.12. The van der Waals surface area contributed by atoms with Crippen LogP contribution < -0.4 is 20.7 Å². The number of nitrogen functional groups attached to an aromatic ring is 1. The number of ether oxygens (including phenoxy) is 1. The smallest absolute Gasteiger partial charge is 0.251 e. The lowest BCUT2D eigenvalue weighted by atomic mass is 10.1. The van der Waals surface area contributed by atoms with E-state index >= 15 is 0 Å². The van der Waals surface area contributed by atoms with Gasteiger partial charge in [-0.1, -0.05) is 17.7 Å². The standard InChI is InChI=1S/C18H20ClN3O2.2ClH/c1-24-17-6-5-13(19)10-16(17)22-8-7-15(11-22)21-18(23)12-3-2-4-14(20)9-12;;/h2-6,9-10,15H,7-8,11,20H2,1H3,(H,21,23);2*1H.